The fourth-order valence-corrected chi connectivity index (χ4v) is 2.89. The molecule has 1 aliphatic rings. The largest absolute Gasteiger partial charge is 0.300 e. The Morgan fingerprint density at radius 3 is 2.74 bits per heavy atom. The van der Waals surface area contributed by atoms with Crippen molar-refractivity contribution in [3.8, 4) is 0 Å². The Hall–Kier alpha value is -1.15. The van der Waals surface area contributed by atoms with E-state index in [2.05, 4.69) is 36.1 Å². The number of rotatable bonds is 5. The van der Waals surface area contributed by atoms with Gasteiger partial charge in [-0.1, -0.05) is 29.8 Å². The lowest BCUT2D eigenvalue weighted by Crippen LogP contribution is -2.35. The lowest BCUT2D eigenvalue weighted by atomic mass is 9.92. The fraction of sp³-hybridized carbons (Fsp3) is 0.588. The minimum atomic E-state index is 0.329. The van der Waals surface area contributed by atoms with Crippen molar-refractivity contribution in [1.29, 1.82) is 0 Å². The van der Waals surface area contributed by atoms with Crippen LogP contribution in [0, 0.1) is 12.8 Å². The van der Waals surface area contributed by atoms with Crippen molar-refractivity contribution in [1.82, 2.24) is 4.90 Å². The van der Waals surface area contributed by atoms with E-state index in [1.165, 1.54) is 30.5 Å². The standard InChI is InChI=1S/C17H25NO/c1-14-5-8-17(9-6-14)13-18-11-3-4-16(12-18)10-7-15(2)19/h5-6,8-9,16H,3-4,7,10-13H2,1-2H3. The Morgan fingerprint density at radius 2 is 2.05 bits per heavy atom. The third kappa shape index (κ3) is 4.79. The van der Waals surface area contributed by atoms with Crippen molar-refractivity contribution >= 4 is 5.78 Å². The van der Waals surface area contributed by atoms with Crippen LogP contribution in [0.15, 0.2) is 24.3 Å². The van der Waals surface area contributed by atoms with Gasteiger partial charge in [-0.15, -0.1) is 0 Å². The highest BCUT2D eigenvalue weighted by Gasteiger charge is 2.19. The first-order chi connectivity index (χ1) is 9.13. The van der Waals surface area contributed by atoms with Gasteiger partial charge in [-0.05, 0) is 51.1 Å². The first kappa shape index (κ1) is 14.3. The summed E-state index contributed by atoms with van der Waals surface area (Å²) in [5, 5.41) is 0. The highest BCUT2D eigenvalue weighted by Crippen LogP contribution is 2.22. The van der Waals surface area contributed by atoms with Crippen LogP contribution in [-0.2, 0) is 11.3 Å². The maximum atomic E-state index is 11.1. The quantitative estimate of drug-likeness (QED) is 0.805. The second-order valence-corrected chi connectivity index (χ2v) is 5.97. The van der Waals surface area contributed by atoms with Gasteiger partial charge in [0.2, 0.25) is 0 Å². The van der Waals surface area contributed by atoms with Crippen LogP contribution in [0.3, 0.4) is 0 Å². The summed E-state index contributed by atoms with van der Waals surface area (Å²) in [5.74, 6) is 1.04. The third-order valence-corrected chi connectivity index (χ3v) is 4.03. The molecule has 0 radical (unpaired) electrons. The number of carbonyl (C=O) groups is 1. The zero-order valence-corrected chi connectivity index (χ0v) is 12.2. The van der Waals surface area contributed by atoms with Crippen molar-refractivity contribution < 1.29 is 4.79 Å². The van der Waals surface area contributed by atoms with Crippen LogP contribution in [0.4, 0.5) is 0 Å². The van der Waals surface area contributed by atoms with E-state index in [4.69, 9.17) is 0 Å². The first-order valence-corrected chi connectivity index (χ1v) is 7.41. The topological polar surface area (TPSA) is 20.3 Å². The van der Waals surface area contributed by atoms with Crippen molar-refractivity contribution in [2.75, 3.05) is 13.1 Å². The summed E-state index contributed by atoms with van der Waals surface area (Å²) < 4.78 is 0. The predicted molar refractivity (Wildman–Crippen MR) is 79.1 cm³/mol. The Bertz CT molecular complexity index is 410. The van der Waals surface area contributed by atoms with E-state index < -0.39 is 0 Å². The predicted octanol–water partition coefficient (Wildman–Crippen LogP) is 3.58. The monoisotopic (exact) mass is 259 g/mol. The maximum Gasteiger partial charge on any atom is 0.129 e. The zero-order chi connectivity index (χ0) is 13.7. The number of benzene rings is 1. The van der Waals surface area contributed by atoms with Gasteiger partial charge in [0, 0.05) is 19.5 Å². The molecule has 2 rings (SSSR count). The molecule has 2 nitrogen and oxygen atoms in total. The van der Waals surface area contributed by atoms with E-state index in [0.29, 0.717) is 11.7 Å². The van der Waals surface area contributed by atoms with Crippen molar-refractivity contribution in [2.24, 2.45) is 5.92 Å². The van der Waals surface area contributed by atoms with Crippen LogP contribution in [0.5, 0.6) is 0 Å². The van der Waals surface area contributed by atoms with Crippen molar-refractivity contribution in [3.63, 3.8) is 0 Å². The van der Waals surface area contributed by atoms with Gasteiger partial charge in [-0.3, -0.25) is 4.90 Å². The Balaban J connectivity index is 1.83. The maximum absolute atomic E-state index is 11.1. The van der Waals surface area contributed by atoms with E-state index >= 15 is 0 Å². The number of aryl methyl sites for hydroxylation is 1. The average Bonchev–Trinajstić information content (AvgIpc) is 2.40. The molecule has 0 saturated carbocycles. The zero-order valence-electron chi connectivity index (χ0n) is 12.2. The Morgan fingerprint density at radius 1 is 1.32 bits per heavy atom. The van der Waals surface area contributed by atoms with E-state index in [1.807, 2.05) is 0 Å². The number of nitrogens with zero attached hydrogens (tertiary/aromatic N) is 1. The van der Waals surface area contributed by atoms with Gasteiger partial charge in [-0.25, -0.2) is 0 Å². The van der Waals surface area contributed by atoms with Crippen LogP contribution in [0.25, 0.3) is 0 Å². The molecule has 0 N–H and O–H groups in total. The van der Waals surface area contributed by atoms with Crippen LogP contribution >= 0.6 is 0 Å². The van der Waals surface area contributed by atoms with Crippen LogP contribution in [0.1, 0.15) is 43.7 Å². The van der Waals surface area contributed by atoms with Gasteiger partial charge in [-0.2, -0.15) is 0 Å². The molecule has 1 heterocycles. The molecule has 1 fully saturated rings. The van der Waals surface area contributed by atoms with Crippen LogP contribution in [-0.4, -0.2) is 23.8 Å². The van der Waals surface area contributed by atoms with Gasteiger partial charge in [0.15, 0.2) is 0 Å². The fourth-order valence-electron chi connectivity index (χ4n) is 2.89. The molecular weight excluding hydrogens is 234 g/mol. The van der Waals surface area contributed by atoms with Gasteiger partial charge < -0.3 is 4.79 Å². The average molecular weight is 259 g/mol. The summed E-state index contributed by atoms with van der Waals surface area (Å²) in [6, 6.07) is 8.84. The number of likely N-dealkylation sites (tertiary alicyclic amines) is 1. The first-order valence-electron chi connectivity index (χ1n) is 7.41. The molecule has 19 heavy (non-hydrogen) atoms. The minimum absolute atomic E-state index is 0.329. The molecule has 0 spiro atoms. The molecular formula is C17H25NO. The molecule has 0 bridgehead atoms. The summed E-state index contributed by atoms with van der Waals surface area (Å²) in [7, 11) is 0. The molecule has 1 aromatic carbocycles. The van der Waals surface area contributed by atoms with E-state index in [-0.39, 0.29) is 0 Å². The minimum Gasteiger partial charge on any atom is -0.300 e. The molecule has 2 heteroatoms. The normalized spacial score (nSPS) is 20.4. The van der Waals surface area contributed by atoms with Crippen LogP contribution in [0.2, 0.25) is 0 Å². The second-order valence-electron chi connectivity index (χ2n) is 5.97. The third-order valence-electron chi connectivity index (χ3n) is 4.03. The van der Waals surface area contributed by atoms with E-state index in [9.17, 15) is 4.79 Å². The summed E-state index contributed by atoms with van der Waals surface area (Å²) in [5.41, 5.74) is 2.72. The SMILES string of the molecule is CC(=O)CCC1CCCN(Cc2ccc(C)cc2)C1. The molecule has 1 aliphatic heterocycles. The summed E-state index contributed by atoms with van der Waals surface area (Å²) in [6.07, 6.45) is 4.38. The number of hydrogen-bond acceptors (Lipinski definition) is 2. The second kappa shape index (κ2) is 6.85. The lowest BCUT2D eigenvalue weighted by Gasteiger charge is -2.32. The molecule has 1 saturated heterocycles. The molecule has 104 valence electrons. The number of piperidine rings is 1. The smallest absolute Gasteiger partial charge is 0.129 e. The van der Waals surface area contributed by atoms with Gasteiger partial charge in [0.05, 0.1) is 0 Å². The highest BCUT2D eigenvalue weighted by molar-refractivity contribution is 5.75. The summed E-state index contributed by atoms with van der Waals surface area (Å²) in [4.78, 5) is 13.6. The molecule has 1 aromatic rings. The molecule has 0 aliphatic carbocycles. The van der Waals surface area contributed by atoms with Crippen molar-refractivity contribution in [3.05, 3.63) is 35.4 Å². The van der Waals surface area contributed by atoms with Crippen molar-refractivity contribution in [2.45, 2.75) is 46.1 Å². The lowest BCUT2D eigenvalue weighted by molar-refractivity contribution is -0.117. The molecule has 0 amide bonds. The summed E-state index contributed by atoms with van der Waals surface area (Å²) >= 11 is 0. The Kier molecular flexibility index (Phi) is 5.15. The summed E-state index contributed by atoms with van der Waals surface area (Å²) in [6.45, 7) is 7.23. The number of ketones is 1. The molecule has 0 aromatic heterocycles. The molecule has 1 atom stereocenters. The van der Waals surface area contributed by atoms with E-state index in [1.54, 1.807) is 6.92 Å². The number of hydrogen-bond donors (Lipinski definition) is 0. The van der Waals surface area contributed by atoms with Gasteiger partial charge >= 0.3 is 0 Å². The number of carbonyl (C=O) groups excluding carboxylic acids is 1. The number of Topliss-reactive ketones (excluding diaryl/α,β-unsaturated/α-hetero) is 1. The Labute approximate surface area is 116 Å². The van der Waals surface area contributed by atoms with E-state index in [0.717, 1.165) is 25.9 Å². The van der Waals surface area contributed by atoms with Crippen LogP contribution < -0.4 is 0 Å². The molecule has 1 unspecified atom stereocenters. The highest BCUT2D eigenvalue weighted by atomic mass is 16.1. The van der Waals surface area contributed by atoms with Gasteiger partial charge in [0.1, 0.15) is 5.78 Å². The van der Waals surface area contributed by atoms with Gasteiger partial charge in [0.25, 0.3) is 0 Å².